The van der Waals surface area contributed by atoms with Crippen LogP contribution in [-0.4, -0.2) is 24.4 Å². The molecule has 3 N–H and O–H groups in total. The zero-order valence-electron chi connectivity index (χ0n) is 10.00. The fraction of sp³-hybridized carbons (Fsp3) is 0.818. The Morgan fingerprint density at radius 2 is 1.60 bits per heavy atom. The number of unbranched alkanes of at least 4 members (excludes halogenated alkanes) is 3. The molecule has 0 saturated heterocycles. The molecule has 4 heteroatoms. The molecule has 0 fully saturated rings. The zero-order valence-corrected chi connectivity index (χ0v) is 10.00. The number of hydrogen-bond acceptors (Lipinski definition) is 3. The van der Waals surface area contributed by atoms with Gasteiger partial charge in [-0.05, 0) is 19.4 Å². The molecule has 0 aromatic heterocycles. The summed E-state index contributed by atoms with van der Waals surface area (Å²) in [5, 5.41) is 8.04. The summed E-state index contributed by atoms with van der Waals surface area (Å²) in [6.07, 6.45) is 5.84. The number of rotatable bonds is 6. The summed E-state index contributed by atoms with van der Waals surface area (Å²) in [6, 6.07) is 0. The lowest BCUT2D eigenvalue weighted by molar-refractivity contribution is -0.137. The topological polar surface area (TPSA) is 80.4 Å². The van der Waals surface area contributed by atoms with E-state index < -0.39 is 5.97 Å². The number of hydrogen-bond donors (Lipinski definition) is 2. The summed E-state index contributed by atoms with van der Waals surface area (Å²) in [6.45, 7) is 7.01. The minimum Gasteiger partial charge on any atom is -0.481 e. The van der Waals surface area contributed by atoms with E-state index in [9.17, 15) is 4.79 Å². The number of carboxylic acids is 1. The second-order valence-corrected chi connectivity index (χ2v) is 2.99. The van der Waals surface area contributed by atoms with Gasteiger partial charge in [0.15, 0.2) is 0 Å². The van der Waals surface area contributed by atoms with Gasteiger partial charge in [0, 0.05) is 6.42 Å². The number of carbonyl (C=O) groups excluding carboxylic acids is 1. The van der Waals surface area contributed by atoms with Crippen molar-refractivity contribution in [3.63, 3.8) is 0 Å². The van der Waals surface area contributed by atoms with E-state index in [1.165, 1.54) is 19.3 Å². The van der Waals surface area contributed by atoms with Gasteiger partial charge in [-0.15, -0.1) is 0 Å². The van der Waals surface area contributed by atoms with E-state index in [-0.39, 0.29) is 0 Å². The molecule has 0 bridgehead atoms. The maximum absolute atomic E-state index is 9.76. The second-order valence-electron chi connectivity index (χ2n) is 2.99. The van der Waals surface area contributed by atoms with Gasteiger partial charge in [0.05, 0.1) is 0 Å². The van der Waals surface area contributed by atoms with Gasteiger partial charge in [0.1, 0.15) is 6.79 Å². The molecule has 0 aliphatic heterocycles. The Labute approximate surface area is 92.9 Å². The largest absolute Gasteiger partial charge is 0.481 e. The number of nitrogens with two attached hydrogens (primary N) is 1. The average molecular weight is 219 g/mol. The molecule has 0 aliphatic carbocycles. The molecule has 0 saturated carbocycles. The smallest absolute Gasteiger partial charge is 0.303 e. The van der Waals surface area contributed by atoms with Crippen LogP contribution in [0.5, 0.6) is 0 Å². The van der Waals surface area contributed by atoms with Gasteiger partial charge >= 0.3 is 5.97 Å². The third-order valence-electron chi connectivity index (χ3n) is 1.55. The number of carbonyl (C=O) groups is 2. The highest BCUT2D eigenvalue weighted by molar-refractivity contribution is 5.66. The minimum atomic E-state index is -0.693. The Hall–Kier alpha value is -0.900. The molecule has 0 aromatic carbocycles. The summed E-state index contributed by atoms with van der Waals surface area (Å²) in [7, 11) is 0. The maximum atomic E-state index is 9.76. The molecule has 0 amide bonds. The second kappa shape index (κ2) is 23.2. The van der Waals surface area contributed by atoms with Crippen LogP contribution in [0.15, 0.2) is 0 Å². The Morgan fingerprint density at radius 1 is 1.13 bits per heavy atom. The SMILES string of the molecule is C=O.CCCCC(=O)O.CCCCCN. The normalized spacial score (nSPS) is 7.93. The predicted octanol–water partition coefficient (Wildman–Crippen LogP) is 2.21. The van der Waals surface area contributed by atoms with Crippen LogP contribution in [0, 0.1) is 0 Å². The highest BCUT2D eigenvalue weighted by atomic mass is 16.4. The fourth-order valence-electron chi connectivity index (χ4n) is 0.722. The minimum absolute atomic E-state index is 0.316. The lowest BCUT2D eigenvalue weighted by Crippen LogP contribution is -1.96. The van der Waals surface area contributed by atoms with Crippen molar-refractivity contribution in [3.05, 3.63) is 0 Å². The van der Waals surface area contributed by atoms with Crippen molar-refractivity contribution in [3.8, 4) is 0 Å². The Kier molecular flexibility index (Phi) is 30.3. The first-order chi connectivity index (χ1) is 7.18. The van der Waals surface area contributed by atoms with Gasteiger partial charge in [-0.2, -0.15) is 0 Å². The van der Waals surface area contributed by atoms with Crippen molar-refractivity contribution in [2.75, 3.05) is 6.54 Å². The highest BCUT2D eigenvalue weighted by Crippen LogP contribution is 1.91. The molecular weight excluding hydrogens is 194 g/mol. The summed E-state index contributed by atoms with van der Waals surface area (Å²) >= 11 is 0. The molecule has 4 nitrogen and oxygen atoms in total. The molecule has 0 rings (SSSR count). The van der Waals surface area contributed by atoms with Crippen LogP contribution < -0.4 is 5.73 Å². The molecule has 0 aromatic rings. The van der Waals surface area contributed by atoms with E-state index in [1.54, 1.807) is 0 Å². The van der Waals surface area contributed by atoms with Crippen LogP contribution in [0.4, 0.5) is 0 Å². The van der Waals surface area contributed by atoms with Crippen molar-refractivity contribution in [2.24, 2.45) is 5.73 Å². The summed E-state index contributed by atoms with van der Waals surface area (Å²) in [4.78, 5) is 17.8. The first-order valence-electron chi connectivity index (χ1n) is 5.39. The average Bonchev–Trinajstić information content (AvgIpc) is 2.27. The fourth-order valence-corrected chi connectivity index (χ4v) is 0.722. The monoisotopic (exact) mass is 219 g/mol. The van der Waals surface area contributed by atoms with E-state index in [1.807, 2.05) is 13.7 Å². The van der Waals surface area contributed by atoms with E-state index in [0.717, 1.165) is 19.4 Å². The summed E-state index contributed by atoms with van der Waals surface area (Å²) < 4.78 is 0. The van der Waals surface area contributed by atoms with Gasteiger partial charge in [-0.3, -0.25) is 4.79 Å². The Balaban J connectivity index is -0.000000166. The van der Waals surface area contributed by atoms with E-state index >= 15 is 0 Å². The van der Waals surface area contributed by atoms with Crippen LogP contribution in [0.3, 0.4) is 0 Å². The molecule has 0 radical (unpaired) electrons. The molecule has 15 heavy (non-hydrogen) atoms. The van der Waals surface area contributed by atoms with Crippen molar-refractivity contribution >= 4 is 12.8 Å². The zero-order chi connectivity index (χ0) is 12.5. The molecule has 92 valence electrons. The van der Waals surface area contributed by atoms with Crippen molar-refractivity contribution < 1.29 is 14.7 Å². The van der Waals surface area contributed by atoms with Crippen LogP contribution in [0.2, 0.25) is 0 Å². The Morgan fingerprint density at radius 3 is 1.73 bits per heavy atom. The first-order valence-corrected chi connectivity index (χ1v) is 5.39. The van der Waals surface area contributed by atoms with Gasteiger partial charge in [-0.1, -0.05) is 33.1 Å². The first kappa shape index (κ1) is 19.6. The summed E-state index contributed by atoms with van der Waals surface area (Å²) in [5.41, 5.74) is 5.21. The molecule has 0 unspecified atom stereocenters. The molecule has 0 aliphatic rings. The van der Waals surface area contributed by atoms with Crippen LogP contribution >= 0.6 is 0 Å². The van der Waals surface area contributed by atoms with Crippen LogP contribution in [-0.2, 0) is 9.59 Å². The van der Waals surface area contributed by atoms with E-state index in [2.05, 4.69) is 6.92 Å². The van der Waals surface area contributed by atoms with Gasteiger partial charge in [-0.25, -0.2) is 0 Å². The third-order valence-corrected chi connectivity index (χ3v) is 1.55. The van der Waals surface area contributed by atoms with Crippen LogP contribution in [0.25, 0.3) is 0 Å². The molecule has 0 heterocycles. The maximum Gasteiger partial charge on any atom is 0.303 e. The van der Waals surface area contributed by atoms with Crippen molar-refractivity contribution in [1.82, 2.24) is 0 Å². The quantitative estimate of drug-likeness (QED) is 0.671. The van der Waals surface area contributed by atoms with Crippen molar-refractivity contribution in [2.45, 2.75) is 52.4 Å². The van der Waals surface area contributed by atoms with Gasteiger partial charge in [0.25, 0.3) is 0 Å². The van der Waals surface area contributed by atoms with Gasteiger partial charge in [0.2, 0.25) is 0 Å². The van der Waals surface area contributed by atoms with Crippen LogP contribution in [0.1, 0.15) is 52.4 Å². The van der Waals surface area contributed by atoms with E-state index in [4.69, 9.17) is 15.6 Å². The predicted molar refractivity (Wildman–Crippen MR) is 62.9 cm³/mol. The molecular formula is C11H25NO3. The highest BCUT2D eigenvalue weighted by Gasteiger charge is 1.90. The Bertz CT molecular complexity index is 114. The van der Waals surface area contributed by atoms with Gasteiger partial charge < -0.3 is 15.6 Å². The third kappa shape index (κ3) is 43.4. The number of carboxylic acid groups (broad SMARTS) is 1. The van der Waals surface area contributed by atoms with Crippen molar-refractivity contribution in [1.29, 1.82) is 0 Å². The lowest BCUT2D eigenvalue weighted by atomic mass is 10.3. The molecule has 0 atom stereocenters. The van der Waals surface area contributed by atoms with E-state index in [0.29, 0.717) is 6.42 Å². The molecule has 0 spiro atoms. The standard InChI is InChI=1S/C5H13N.C5H10O2.CH2O/c1-2-3-4-5-6;1-2-3-4-5(6)7;1-2/h2-6H2,1H3;2-4H2,1H3,(H,6,7);1H2. The number of aliphatic carboxylic acids is 1. The summed E-state index contributed by atoms with van der Waals surface area (Å²) in [5.74, 6) is -0.693. The lowest BCUT2D eigenvalue weighted by Gasteiger charge is -1.86.